The van der Waals surface area contributed by atoms with E-state index in [2.05, 4.69) is 32.2 Å². The summed E-state index contributed by atoms with van der Waals surface area (Å²) < 4.78 is 5.63. The van der Waals surface area contributed by atoms with E-state index in [-0.39, 0.29) is 11.9 Å². The van der Waals surface area contributed by atoms with Crippen molar-refractivity contribution in [2.24, 2.45) is 23.7 Å². The molecule has 0 saturated heterocycles. The minimum atomic E-state index is -0.00905. The molecule has 1 aromatic rings. The summed E-state index contributed by atoms with van der Waals surface area (Å²) in [4.78, 5) is 12.4. The van der Waals surface area contributed by atoms with Gasteiger partial charge in [-0.25, -0.2) is 0 Å². The van der Waals surface area contributed by atoms with Crippen LogP contribution in [0.5, 0.6) is 5.75 Å². The first-order valence-corrected chi connectivity index (χ1v) is 9.71. The van der Waals surface area contributed by atoms with E-state index >= 15 is 0 Å². The van der Waals surface area contributed by atoms with Crippen molar-refractivity contribution in [2.75, 3.05) is 6.26 Å². The second-order valence-corrected chi connectivity index (χ2v) is 8.15. The molecule has 3 rings (SSSR count). The van der Waals surface area contributed by atoms with Crippen LogP contribution in [0.3, 0.4) is 0 Å². The van der Waals surface area contributed by atoms with Crippen molar-refractivity contribution in [3.8, 4) is 5.75 Å². The number of rotatable bonds is 5. The number of fused-ring (bicyclic) bond motifs is 2. The SMILES string of the molecule is CSC(c1ccc(OC(=O)C2CC3CCC2C3)cc1)C(C)C. The Morgan fingerprint density at radius 1 is 1.18 bits per heavy atom. The van der Waals surface area contributed by atoms with Crippen LogP contribution in [0.1, 0.15) is 50.3 Å². The molecule has 3 heteroatoms. The standard InChI is InChI=1S/C19H26O2S/c1-12(2)18(22-3)14-6-8-16(9-7-14)21-19(20)17-11-13-4-5-15(17)10-13/h6-9,12-13,15,17-18H,4-5,10-11H2,1-3H3. The quantitative estimate of drug-likeness (QED) is 0.559. The van der Waals surface area contributed by atoms with Crippen molar-refractivity contribution < 1.29 is 9.53 Å². The maximum Gasteiger partial charge on any atom is 0.314 e. The van der Waals surface area contributed by atoms with E-state index < -0.39 is 0 Å². The average molecular weight is 318 g/mol. The zero-order valence-corrected chi connectivity index (χ0v) is 14.6. The molecule has 0 spiro atoms. The van der Waals surface area contributed by atoms with Gasteiger partial charge in [-0.2, -0.15) is 11.8 Å². The van der Waals surface area contributed by atoms with E-state index in [0.717, 1.165) is 12.3 Å². The molecule has 120 valence electrons. The van der Waals surface area contributed by atoms with Gasteiger partial charge in [-0.1, -0.05) is 32.4 Å². The maximum absolute atomic E-state index is 12.4. The molecule has 0 N–H and O–H groups in total. The Bertz CT molecular complexity index is 523. The lowest BCUT2D eigenvalue weighted by Crippen LogP contribution is -2.25. The van der Waals surface area contributed by atoms with Gasteiger partial charge in [0.25, 0.3) is 0 Å². The van der Waals surface area contributed by atoms with Crippen molar-refractivity contribution in [1.82, 2.24) is 0 Å². The Balaban J connectivity index is 1.62. The van der Waals surface area contributed by atoms with Crippen LogP contribution in [0.2, 0.25) is 0 Å². The molecule has 0 heterocycles. The van der Waals surface area contributed by atoms with Gasteiger partial charge in [0, 0.05) is 5.25 Å². The van der Waals surface area contributed by atoms with E-state index in [0.29, 0.717) is 22.8 Å². The van der Waals surface area contributed by atoms with Crippen LogP contribution in [0, 0.1) is 23.7 Å². The van der Waals surface area contributed by atoms with Crippen LogP contribution < -0.4 is 4.74 Å². The summed E-state index contributed by atoms with van der Waals surface area (Å²) in [6, 6.07) is 8.10. The van der Waals surface area contributed by atoms with Crippen molar-refractivity contribution in [1.29, 1.82) is 0 Å². The second-order valence-electron chi connectivity index (χ2n) is 7.17. The maximum atomic E-state index is 12.4. The van der Waals surface area contributed by atoms with Crippen LogP contribution in [-0.4, -0.2) is 12.2 Å². The summed E-state index contributed by atoms with van der Waals surface area (Å²) in [6.07, 6.45) is 6.96. The number of hydrogen-bond acceptors (Lipinski definition) is 3. The second kappa shape index (κ2) is 6.66. The summed E-state index contributed by atoms with van der Waals surface area (Å²) >= 11 is 1.87. The zero-order valence-electron chi connectivity index (χ0n) is 13.7. The average Bonchev–Trinajstić information content (AvgIpc) is 3.12. The first kappa shape index (κ1) is 15.9. The minimum Gasteiger partial charge on any atom is -0.426 e. The first-order chi connectivity index (χ1) is 10.6. The third-order valence-corrected chi connectivity index (χ3v) is 6.65. The summed E-state index contributed by atoms with van der Waals surface area (Å²) in [7, 11) is 0. The van der Waals surface area contributed by atoms with Gasteiger partial charge in [0.1, 0.15) is 5.75 Å². The molecule has 4 unspecified atom stereocenters. The summed E-state index contributed by atoms with van der Waals surface area (Å²) in [5.74, 6) is 2.78. The Labute approximate surface area is 138 Å². The van der Waals surface area contributed by atoms with Gasteiger partial charge in [-0.3, -0.25) is 4.79 Å². The molecule has 2 nitrogen and oxygen atoms in total. The molecular formula is C19H26O2S. The molecule has 2 aliphatic carbocycles. The van der Waals surface area contributed by atoms with E-state index in [4.69, 9.17) is 4.74 Å². The van der Waals surface area contributed by atoms with Gasteiger partial charge in [-0.05, 0) is 61.0 Å². The van der Waals surface area contributed by atoms with Gasteiger partial charge in [0.05, 0.1) is 5.92 Å². The molecule has 0 radical (unpaired) electrons. The van der Waals surface area contributed by atoms with Gasteiger partial charge >= 0.3 is 5.97 Å². The molecule has 2 aliphatic rings. The van der Waals surface area contributed by atoms with E-state index in [1.807, 2.05) is 23.9 Å². The van der Waals surface area contributed by atoms with Crippen LogP contribution in [0.25, 0.3) is 0 Å². The van der Waals surface area contributed by atoms with Crippen LogP contribution in [0.4, 0.5) is 0 Å². The monoisotopic (exact) mass is 318 g/mol. The Kier molecular flexibility index (Phi) is 4.82. The molecule has 2 bridgehead atoms. The highest BCUT2D eigenvalue weighted by atomic mass is 32.2. The lowest BCUT2D eigenvalue weighted by atomic mass is 9.89. The zero-order chi connectivity index (χ0) is 15.7. The van der Waals surface area contributed by atoms with Crippen LogP contribution in [-0.2, 0) is 4.79 Å². The van der Waals surface area contributed by atoms with Gasteiger partial charge in [0.2, 0.25) is 0 Å². The predicted molar refractivity (Wildman–Crippen MR) is 92.1 cm³/mol. The number of carbonyl (C=O) groups is 1. The highest BCUT2D eigenvalue weighted by molar-refractivity contribution is 7.98. The fraction of sp³-hybridized carbons (Fsp3) is 0.632. The molecule has 0 aromatic heterocycles. The van der Waals surface area contributed by atoms with E-state index in [9.17, 15) is 4.79 Å². The topological polar surface area (TPSA) is 26.3 Å². The summed E-state index contributed by atoms with van der Waals surface area (Å²) in [5, 5.41) is 0.496. The Morgan fingerprint density at radius 2 is 1.91 bits per heavy atom. The number of carbonyl (C=O) groups excluding carboxylic acids is 1. The number of thioether (sulfide) groups is 1. The fourth-order valence-electron chi connectivity index (χ4n) is 4.24. The van der Waals surface area contributed by atoms with Gasteiger partial charge in [-0.15, -0.1) is 0 Å². The third-order valence-electron chi connectivity index (χ3n) is 5.33. The summed E-state index contributed by atoms with van der Waals surface area (Å²) in [5.41, 5.74) is 1.31. The molecule has 2 saturated carbocycles. The minimum absolute atomic E-state index is 0.00905. The summed E-state index contributed by atoms with van der Waals surface area (Å²) in [6.45, 7) is 4.48. The molecule has 22 heavy (non-hydrogen) atoms. The largest absolute Gasteiger partial charge is 0.426 e. The van der Waals surface area contributed by atoms with Crippen molar-refractivity contribution in [3.63, 3.8) is 0 Å². The van der Waals surface area contributed by atoms with E-state index in [1.54, 1.807) is 0 Å². The first-order valence-electron chi connectivity index (χ1n) is 8.43. The number of esters is 1. The molecule has 4 atom stereocenters. The smallest absolute Gasteiger partial charge is 0.314 e. The highest BCUT2D eigenvalue weighted by Crippen LogP contribution is 2.48. The normalized spacial score (nSPS) is 28.1. The Hall–Kier alpha value is -0.960. The molecule has 1 aromatic carbocycles. The fourth-order valence-corrected chi connectivity index (χ4v) is 5.22. The predicted octanol–water partition coefficient (Wildman–Crippen LogP) is 5.09. The van der Waals surface area contributed by atoms with Crippen molar-refractivity contribution in [3.05, 3.63) is 29.8 Å². The number of ether oxygens (including phenoxy) is 1. The molecule has 0 amide bonds. The highest BCUT2D eigenvalue weighted by Gasteiger charge is 2.44. The van der Waals surface area contributed by atoms with Gasteiger partial charge in [0.15, 0.2) is 0 Å². The lowest BCUT2D eigenvalue weighted by molar-refractivity contribution is -0.140. The number of hydrogen-bond donors (Lipinski definition) is 0. The van der Waals surface area contributed by atoms with Crippen molar-refractivity contribution in [2.45, 2.75) is 44.8 Å². The molecule has 2 fully saturated rings. The van der Waals surface area contributed by atoms with Crippen LogP contribution in [0.15, 0.2) is 24.3 Å². The van der Waals surface area contributed by atoms with Crippen molar-refractivity contribution >= 4 is 17.7 Å². The molecule has 0 aliphatic heterocycles. The lowest BCUT2D eigenvalue weighted by Gasteiger charge is -2.21. The third kappa shape index (κ3) is 3.19. The Morgan fingerprint density at radius 3 is 2.41 bits per heavy atom. The van der Waals surface area contributed by atoms with E-state index in [1.165, 1.54) is 24.8 Å². The molecular weight excluding hydrogens is 292 g/mol. The van der Waals surface area contributed by atoms with Gasteiger partial charge < -0.3 is 4.74 Å². The van der Waals surface area contributed by atoms with Crippen LogP contribution >= 0.6 is 11.8 Å². The number of benzene rings is 1.